The number of aryl methyl sites for hydroxylation is 1. The molecule has 1 aliphatic rings. The normalized spacial score (nSPS) is 18.7. The second-order valence-corrected chi connectivity index (χ2v) is 4.61. The van der Waals surface area contributed by atoms with Crippen molar-refractivity contribution in [3.8, 4) is 5.75 Å². The molecule has 0 saturated carbocycles. The Labute approximate surface area is 102 Å². The average Bonchev–Trinajstić information content (AvgIpc) is 2.39. The highest BCUT2D eigenvalue weighted by atomic mass is 16.3. The molecular weight excluding hydrogens is 208 g/mol. The van der Waals surface area contributed by atoms with Crippen molar-refractivity contribution < 1.29 is 5.11 Å². The standard InChI is InChI=1S/C16H15O/c17-16-9-8-14-10-13(6-7-15(14)11-16)12-4-2-1-3-5-12/h1-5,8-11,13,17H,6-7H2. The number of phenols is 1. The van der Waals surface area contributed by atoms with E-state index in [9.17, 15) is 5.11 Å². The van der Waals surface area contributed by atoms with E-state index in [-0.39, 0.29) is 0 Å². The molecule has 0 fully saturated rings. The minimum Gasteiger partial charge on any atom is -0.508 e. The topological polar surface area (TPSA) is 20.2 Å². The third-order valence-corrected chi connectivity index (χ3v) is 3.46. The SMILES string of the molecule is Oc1ccc2c(c1)CCC(c1ccccc1)[CH]2. The van der Waals surface area contributed by atoms with E-state index in [0.717, 1.165) is 12.8 Å². The van der Waals surface area contributed by atoms with E-state index < -0.39 is 0 Å². The second-order valence-electron chi connectivity index (χ2n) is 4.61. The van der Waals surface area contributed by atoms with Crippen LogP contribution in [0.5, 0.6) is 5.75 Å². The van der Waals surface area contributed by atoms with Crippen molar-refractivity contribution in [1.29, 1.82) is 0 Å². The average molecular weight is 223 g/mol. The molecule has 0 bridgehead atoms. The van der Waals surface area contributed by atoms with E-state index >= 15 is 0 Å². The van der Waals surface area contributed by atoms with Gasteiger partial charge in [-0.3, -0.25) is 0 Å². The lowest BCUT2D eigenvalue weighted by atomic mass is 9.80. The quantitative estimate of drug-likeness (QED) is 0.782. The summed E-state index contributed by atoms with van der Waals surface area (Å²) in [4.78, 5) is 0. The summed E-state index contributed by atoms with van der Waals surface area (Å²) in [5, 5.41) is 9.46. The smallest absolute Gasteiger partial charge is 0.115 e. The fourth-order valence-corrected chi connectivity index (χ4v) is 2.55. The maximum absolute atomic E-state index is 9.46. The lowest BCUT2D eigenvalue weighted by Crippen LogP contribution is -2.10. The van der Waals surface area contributed by atoms with E-state index in [1.54, 1.807) is 6.07 Å². The lowest BCUT2D eigenvalue weighted by Gasteiger charge is -2.24. The molecule has 1 nitrogen and oxygen atoms in total. The Morgan fingerprint density at radius 2 is 1.82 bits per heavy atom. The monoisotopic (exact) mass is 223 g/mol. The Balaban J connectivity index is 1.88. The van der Waals surface area contributed by atoms with Crippen LogP contribution < -0.4 is 0 Å². The Bertz CT molecular complexity index is 516. The van der Waals surface area contributed by atoms with Gasteiger partial charge in [0, 0.05) is 0 Å². The van der Waals surface area contributed by atoms with Crippen LogP contribution in [0.4, 0.5) is 0 Å². The van der Waals surface area contributed by atoms with Crippen molar-refractivity contribution in [3.05, 3.63) is 71.6 Å². The maximum atomic E-state index is 9.46. The molecule has 0 amide bonds. The second kappa shape index (κ2) is 4.25. The predicted octanol–water partition coefficient (Wildman–Crippen LogP) is 3.67. The van der Waals surface area contributed by atoms with E-state index in [0.29, 0.717) is 11.7 Å². The molecule has 0 heterocycles. The third-order valence-electron chi connectivity index (χ3n) is 3.46. The Morgan fingerprint density at radius 3 is 2.65 bits per heavy atom. The van der Waals surface area contributed by atoms with Crippen molar-refractivity contribution in [1.82, 2.24) is 0 Å². The third kappa shape index (κ3) is 2.05. The van der Waals surface area contributed by atoms with E-state index in [4.69, 9.17) is 0 Å². The molecule has 0 aromatic heterocycles. The molecule has 17 heavy (non-hydrogen) atoms. The molecule has 2 aromatic rings. The van der Waals surface area contributed by atoms with Crippen LogP contribution in [0.1, 0.15) is 29.0 Å². The van der Waals surface area contributed by atoms with Crippen molar-refractivity contribution in [2.45, 2.75) is 18.8 Å². The molecule has 1 atom stereocenters. The minimum absolute atomic E-state index is 0.371. The highest BCUT2D eigenvalue weighted by Crippen LogP contribution is 2.35. The van der Waals surface area contributed by atoms with Gasteiger partial charge in [0.05, 0.1) is 0 Å². The first-order chi connectivity index (χ1) is 8.33. The van der Waals surface area contributed by atoms with Gasteiger partial charge in [-0.2, -0.15) is 0 Å². The number of aromatic hydroxyl groups is 1. The number of hydrogen-bond donors (Lipinski definition) is 1. The molecule has 2 aromatic carbocycles. The first-order valence-corrected chi connectivity index (χ1v) is 6.04. The zero-order valence-corrected chi connectivity index (χ0v) is 9.63. The van der Waals surface area contributed by atoms with Gasteiger partial charge in [0.2, 0.25) is 0 Å². The molecule has 1 radical (unpaired) electrons. The summed E-state index contributed by atoms with van der Waals surface area (Å²) in [5.41, 5.74) is 3.91. The molecule has 1 unspecified atom stereocenters. The fourth-order valence-electron chi connectivity index (χ4n) is 2.55. The van der Waals surface area contributed by atoms with Crippen LogP contribution in [-0.2, 0) is 6.42 Å². The lowest BCUT2D eigenvalue weighted by molar-refractivity contribution is 0.473. The minimum atomic E-state index is 0.371. The van der Waals surface area contributed by atoms with Gasteiger partial charge in [-0.1, -0.05) is 36.4 Å². The molecule has 1 aliphatic carbocycles. The van der Waals surface area contributed by atoms with Crippen LogP contribution >= 0.6 is 0 Å². The van der Waals surface area contributed by atoms with Crippen LogP contribution in [0.3, 0.4) is 0 Å². The first-order valence-electron chi connectivity index (χ1n) is 6.04. The van der Waals surface area contributed by atoms with E-state index in [2.05, 4.69) is 36.8 Å². The van der Waals surface area contributed by atoms with Gasteiger partial charge in [0.15, 0.2) is 0 Å². The summed E-state index contributed by atoms with van der Waals surface area (Å²) < 4.78 is 0. The summed E-state index contributed by atoms with van der Waals surface area (Å²) in [6, 6.07) is 16.3. The zero-order chi connectivity index (χ0) is 11.7. The van der Waals surface area contributed by atoms with Crippen molar-refractivity contribution in [2.24, 2.45) is 0 Å². The predicted molar refractivity (Wildman–Crippen MR) is 69.0 cm³/mol. The van der Waals surface area contributed by atoms with E-state index in [1.807, 2.05) is 12.1 Å². The fraction of sp³-hybridized carbons (Fsp3) is 0.188. The van der Waals surface area contributed by atoms with Crippen molar-refractivity contribution in [2.75, 3.05) is 0 Å². The molecule has 3 rings (SSSR count). The van der Waals surface area contributed by atoms with Crippen LogP contribution in [-0.4, -0.2) is 5.11 Å². The summed E-state index contributed by atoms with van der Waals surface area (Å²) in [6.45, 7) is 0. The van der Waals surface area contributed by atoms with Gasteiger partial charge >= 0.3 is 0 Å². The maximum Gasteiger partial charge on any atom is 0.115 e. The highest BCUT2D eigenvalue weighted by Gasteiger charge is 2.20. The number of fused-ring (bicyclic) bond motifs is 1. The van der Waals surface area contributed by atoms with Gasteiger partial charge in [0.25, 0.3) is 0 Å². The summed E-state index contributed by atoms with van der Waals surface area (Å²) in [7, 11) is 0. The number of hydrogen-bond acceptors (Lipinski definition) is 1. The van der Waals surface area contributed by atoms with Gasteiger partial charge in [-0.05, 0) is 54.0 Å². The number of rotatable bonds is 1. The van der Waals surface area contributed by atoms with Crippen molar-refractivity contribution in [3.63, 3.8) is 0 Å². The molecule has 0 aliphatic heterocycles. The number of phenolic OH excluding ortho intramolecular Hbond substituents is 1. The van der Waals surface area contributed by atoms with Gasteiger partial charge in [-0.15, -0.1) is 0 Å². The van der Waals surface area contributed by atoms with E-state index in [1.165, 1.54) is 16.7 Å². The van der Waals surface area contributed by atoms with Gasteiger partial charge < -0.3 is 5.11 Å². The molecule has 85 valence electrons. The van der Waals surface area contributed by atoms with Crippen LogP contribution in [0.25, 0.3) is 0 Å². The molecule has 1 N–H and O–H groups in total. The number of benzene rings is 2. The van der Waals surface area contributed by atoms with Crippen molar-refractivity contribution >= 4 is 0 Å². The van der Waals surface area contributed by atoms with Gasteiger partial charge in [-0.25, -0.2) is 0 Å². The van der Waals surface area contributed by atoms with Crippen LogP contribution in [0.15, 0.2) is 48.5 Å². The van der Waals surface area contributed by atoms with Crippen LogP contribution in [0.2, 0.25) is 0 Å². The largest absolute Gasteiger partial charge is 0.508 e. The molecule has 0 spiro atoms. The van der Waals surface area contributed by atoms with Crippen LogP contribution in [0, 0.1) is 6.42 Å². The molecule has 0 saturated heterocycles. The summed E-state index contributed by atoms with van der Waals surface area (Å²) >= 11 is 0. The highest BCUT2D eigenvalue weighted by molar-refractivity contribution is 5.44. The van der Waals surface area contributed by atoms with Gasteiger partial charge in [0.1, 0.15) is 5.75 Å². The zero-order valence-electron chi connectivity index (χ0n) is 9.63. The Kier molecular flexibility index (Phi) is 2.60. The Morgan fingerprint density at radius 1 is 1.00 bits per heavy atom. The molecule has 1 heteroatoms. The summed E-state index contributed by atoms with van der Waals surface area (Å²) in [5.74, 6) is 0.878. The molecular formula is C16H15O. The summed E-state index contributed by atoms with van der Waals surface area (Å²) in [6.07, 6.45) is 4.48. The Hall–Kier alpha value is -1.76. The first kappa shape index (κ1) is 10.4.